The third-order valence-corrected chi connectivity index (χ3v) is 5.04. The van der Waals surface area contributed by atoms with Gasteiger partial charge in [0.1, 0.15) is 11.5 Å². The van der Waals surface area contributed by atoms with E-state index >= 15 is 0 Å². The molecule has 0 radical (unpaired) electrons. The smallest absolute Gasteiger partial charge is 0.271 e. The fourth-order valence-electron chi connectivity index (χ4n) is 3.32. The second kappa shape index (κ2) is 10.8. The molecule has 4 aromatic rings. The van der Waals surface area contributed by atoms with Gasteiger partial charge in [-0.25, -0.2) is 5.43 Å². The number of methoxy groups -OCH3 is 1. The number of amides is 2. The van der Waals surface area contributed by atoms with Gasteiger partial charge in [0.15, 0.2) is 6.61 Å². The zero-order valence-corrected chi connectivity index (χ0v) is 18.5. The number of anilines is 1. The molecule has 0 saturated carbocycles. The van der Waals surface area contributed by atoms with Crippen molar-refractivity contribution in [2.45, 2.75) is 0 Å². The van der Waals surface area contributed by atoms with Gasteiger partial charge in [-0.2, -0.15) is 5.10 Å². The average molecular weight is 453 g/mol. The summed E-state index contributed by atoms with van der Waals surface area (Å²) in [7, 11) is 1.58. The molecule has 0 spiro atoms. The number of benzene rings is 4. The summed E-state index contributed by atoms with van der Waals surface area (Å²) in [5.74, 6) is 0.704. The summed E-state index contributed by atoms with van der Waals surface area (Å²) >= 11 is 0. The topological polar surface area (TPSA) is 89.0 Å². The molecule has 170 valence electrons. The fraction of sp³-hybridized carbons (Fsp3) is 0.0741. The van der Waals surface area contributed by atoms with E-state index in [4.69, 9.17) is 9.47 Å². The molecule has 0 aliphatic carbocycles. The maximum atomic E-state index is 12.5. The van der Waals surface area contributed by atoms with Crippen LogP contribution >= 0.6 is 0 Å². The summed E-state index contributed by atoms with van der Waals surface area (Å²) in [5.41, 5.74) is 4.56. The average Bonchev–Trinajstić information content (AvgIpc) is 2.88. The summed E-state index contributed by atoms with van der Waals surface area (Å²) in [4.78, 5) is 24.6. The van der Waals surface area contributed by atoms with Crippen LogP contribution in [-0.4, -0.2) is 31.7 Å². The van der Waals surface area contributed by atoms with E-state index in [-0.39, 0.29) is 18.4 Å². The minimum absolute atomic E-state index is 0.124. The molecule has 4 aromatic carbocycles. The van der Waals surface area contributed by atoms with Crippen LogP contribution < -0.4 is 20.2 Å². The Labute approximate surface area is 197 Å². The van der Waals surface area contributed by atoms with Crippen LogP contribution in [0.15, 0.2) is 96.1 Å². The standard InChI is InChI=1S/C27H23N3O4/c1-33-22-15-11-21(12-16-22)29-26(31)18-34-23-13-9-19(10-14-23)17-28-30-27(32)25-8-4-6-20-5-2-3-7-24(20)25/h2-17H,18H2,1H3,(H,29,31)(H,30,32)/b28-17-. The highest BCUT2D eigenvalue weighted by Gasteiger charge is 2.08. The third kappa shape index (κ3) is 5.77. The van der Waals surface area contributed by atoms with E-state index in [2.05, 4.69) is 15.8 Å². The van der Waals surface area contributed by atoms with E-state index in [9.17, 15) is 9.59 Å². The summed E-state index contributed by atoms with van der Waals surface area (Å²) in [6.07, 6.45) is 1.54. The lowest BCUT2D eigenvalue weighted by molar-refractivity contribution is -0.118. The minimum atomic E-state index is -0.282. The van der Waals surface area contributed by atoms with E-state index in [1.54, 1.807) is 67.9 Å². The Morgan fingerprint density at radius 3 is 2.32 bits per heavy atom. The van der Waals surface area contributed by atoms with Crippen LogP contribution in [0.1, 0.15) is 15.9 Å². The van der Waals surface area contributed by atoms with Crippen LogP contribution in [0.25, 0.3) is 10.8 Å². The first-order valence-corrected chi connectivity index (χ1v) is 10.6. The van der Waals surface area contributed by atoms with Crippen molar-refractivity contribution in [2.75, 3.05) is 19.0 Å². The number of carbonyl (C=O) groups is 2. The molecular formula is C27H23N3O4. The molecule has 0 heterocycles. The van der Waals surface area contributed by atoms with E-state index in [0.29, 0.717) is 22.7 Å². The number of hydrogen-bond donors (Lipinski definition) is 2. The molecule has 0 unspecified atom stereocenters. The highest BCUT2D eigenvalue weighted by molar-refractivity contribution is 6.07. The van der Waals surface area contributed by atoms with Crippen LogP contribution in [0, 0.1) is 0 Å². The first-order chi connectivity index (χ1) is 16.6. The number of ether oxygens (including phenoxy) is 2. The number of nitrogens with one attached hydrogen (secondary N) is 2. The molecule has 0 aliphatic heterocycles. The van der Waals surface area contributed by atoms with Crippen molar-refractivity contribution in [1.29, 1.82) is 0 Å². The monoisotopic (exact) mass is 453 g/mol. The summed E-state index contributed by atoms with van der Waals surface area (Å²) < 4.78 is 10.6. The molecule has 7 nitrogen and oxygen atoms in total. The molecule has 34 heavy (non-hydrogen) atoms. The second-order valence-corrected chi connectivity index (χ2v) is 7.36. The number of hydrazone groups is 1. The first kappa shape index (κ1) is 22.5. The van der Waals surface area contributed by atoms with E-state index < -0.39 is 0 Å². The van der Waals surface area contributed by atoms with Gasteiger partial charge in [-0.05, 0) is 70.9 Å². The molecule has 2 N–H and O–H groups in total. The lowest BCUT2D eigenvalue weighted by Gasteiger charge is -2.08. The van der Waals surface area contributed by atoms with Gasteiger partial charge in [-0.15, -0.1) is 0 Å². The van der Waals surface area contributed by atoms with Gasteiger partial charge in [-0.3, -0.25) is 9.59 Å². The maximum absolute atomic E-state index is 12.5. The van der Waals surface area contributed by atoms with Gasteiger partial charge in [0, 0.05) is 11.3 Å². The summed E-state index contributed by atoms with van der Waals surface area (Å²) in [6.45, 7) is -0.124. The van der Waals surface area contributed by atoms with Gasteiger partial charge < -0.3 is 14.8 Å². The molecule has 0 aliphatic rings. The van der Waals surface area contributed by atoms with E-state index in [1.165, 1.54) is 0 Å². The van der Waals surface area contributed by atoms with Crippen molar-refractivity contribution in [3.63, 3.8) is 0 Å². The Morgan fingerprint density at radius 2 is 1.56 bits per heavy atom. The number of nitrogens with zero attached hydrogens (tertiary/aromatic N) is 1. The van der Waals surface area contributed by atoms with Gasteiger partial charge in [0.05, 0.1) is 13.3 Å². The molecule has 0 saturated heterocycles. The van der Waals surface area contributed by atoms with E-state index in [1.807, 2.05) is 36.4 Å². The van der Waals surface area contributed by atoms with Crippen molar-refractivity contribution < 1.29 is 19.1 Å². The highest BCUT2D eigenvalue weighted by Crippen LogP contribution is 2.18. The van der Waals surface area contributed by atoms with Crippen molar-refractivity contribution in [2.24, 2.45) is 5.10 Å². The van der Waals surface area contributed by atoms with Crippen LogP contribution in [-0.2, 0) is 4.79 Å². The molecule has 0 fully saturated rings. The van der Waals surface area contributed by atoms with Crippen LogP contribution in [0.5, 0.6) is 11.5 Å². The van der Waals surface area contributed by atoms with E-state index in [0.717, 1.165) is 16.3 Å². The number of hydrogen-bond acceptors (Lipinski definition) is 5. The molecule has 0 atom stereocenters. The molecule has 0 bridgehead atoms. The van der Waals surface area contributed by atoms with Crippen molar-refractivity contribution in [3.8, 4) is 11.5 Å². The molecule has 7 heteroatoms. The van der Waals surface area contributed by atoms with Gasteiger partial charge in [-0.1, -0.05) is 36.4 Å². The Hall–Kier alpha value is -4.65. The molecule has 4 rings (SSSR count). The normalized spacial score (nSPS) is 10.7. The van der Waals surface area contributed by atoms with Crippen molar-refractivity contribution in [1.82, 2.24) is 5.43 Å². The largest absolute Gasteiger partial charge is 0.497 e. The molecular weight excluding hydrogens is 430 g/mol. The lowest BCUT2D eigenvalue weighted by atomic mass is 10.0. The number of rotatable bonds is 8. The van der Waals surface area contributed by atoms with Gasteiger partial charge in [0.25, 0.3) is 11.8 Å². The van der Waals surface area contributed by atoms with Crippen LogP contribution in [0.3, 0.4) is 0 Å². The zero-order chi connectivity index (χ0) is 23.8. The SMILES string of the molecule is COc1ccc(NC(=O)COc2ccc(/C=N\NC(=O)c3cccc4ccccc34)cc2)cc1. The van der Waals surface area contributed by atoms with Crippen LogP contribution in [0.2, 0.25) is 0 Å². The highest BCUT2D eigenvalue weighted by atomic mass is 16.5. The maximum Gasteiger partial charge on any atom is 0.271 e. The lowest BCUT2D eigenvalue weighted by Crippen LogP contribution is -2.20. The van der Waals surface area contributed by atoms with Gasteiger partial charge in [0.2, 0.25) is 0 Å². The van der Waals surface area contributed by atoms with Gasteiger partial charge >= 0.3 is 0 Å². The third-order valence-electron chi connectivity index (χ3n) is 5.04. The quantitative estimate of drug-likeness (QED) is 0.301. The predicted molar refractivity (Wildman–Crippen MR) is 133 cm³/mol. The molecule has 0 aromatic heterocycles. The summed E-state index contributed by atoms with van der Waals surface area (Å²) in [6, 6.07) is 27.3. The zero-order valence-electron chi connectivity index (χ0n) is 18.5. The Kier molecular flexibility index (Phi) is 7.15. The van der Waals surface area contributed by atoms with Crippen LogP contribution in [0.4, 0.5) is 5.69 Å². The minimum Gasteiger partial charge on any atom is -0.497 e. The number of carbonyl (C=O) groups excluding carboxylic acids is 2. The van der Waals surface area contributed by atoms with Crippen molar-refractivity contribution >= 4 is 34.5 Å². The first-order valence-electron chi connectivity index (χ1n) is 10.6. The second-order valence-electron chi connectivity index (χ2n) is 7.36. The predicted octanol–water partition coefficient (Wildman–Crippen LogP) is 4.63. The number of fused-ring (bicyclic) bond motifs is 1. The Morgan fingerprint density at radius 1 is 0.853 bits per heavy atom. The summed E-state index contributed by atoms with van der Waals surface area (Å²) in [5, 5.41) is 8.67. The Bertz CT molecular complexity index is 1310. The Balaban J connectivity index is 1.27. The fourth-order valence-corrected chi connectivity index (χ4v) is 3.32. The van der Waals surface area contributed by atoms with Crippen molar-refractivity contribution in [3.05, 3.63) is 102 Å². The molecule has 2 amide bonds.